The van der Waals surface area contributed by atoms with Crippen LogP contribution in [0.1, 0.15) is 216 Å². The molecule has 0 saturated carbocycles. The van der Waals surface area contributed by atoms with Gasteiger partial charge < -0.3 is 10.9 Å². The van der Waals surface area contributed by atoms with Gasteiger partial charge >= 0.3 is 41.5 Å². The van der Waals surface area contributed by atoms with E-state index in [2.05, 4.69) is 27.7 Å². The molecule has 0 aliphatic rings. The van der Waals surface area contributed by atoms with E-state index >= 15 is 0 Å². The van der Waals surface area contributed by atoms with E-state index in [4.69, 9.17) is 9.47 Å². The maximum absolute atomic E-state index is 12.8. The number of esters is 2. The van der Waals surface area contributed by atoms with Crippen molar-refractivity contribution in [3.8, 4) is 0 Å². The average Bonchev–Trinajstić information content (AvgIpc) is 2.90. The van der Waals surface area contributed by atoms with Gasteiger partial charge in [0.25, 0.3) is 0 Å². The third-order valence-electron chi connectivity index (χ3n) is 8.69. The zero-order valence-corrected chi connectivity index (χ0v) is 31.7. The van der Waals surface area contributed by atoms with Crippen molar-refractivity contribution in [1.29, 1.82) is 0 Å². The maximum Gasteiger partial charge on any atom is 1.00 e. The van der Waals surface area contributed by atoms with Crippen molar-refractivity contribution in [3.05, 3.63) is 0 Å². The van der Waals surface area contributed by atoms with Gasteiger partial charge in [0.1, 0.15) is 17.6 Å². The van der Waals surface area contributed by atoms with E-state index < -0.39 is 23.1 Å². The van der Waals surface area contributed by atoms with Gasteiger partial charge in [-0.3, -0.25) is 9.59 Å². The molecule has 0 saturated heterocycles. The summed E-state index contributed by atoms with van der Waals surface area (Å²) in [5, 5.41) is 0. The zero-order valence-electron chi connectivity index (χ0n) is 30.7. The molecule has 246 valence electrons. The molecular weight excluding hydrogens is 531 g/mol. The predicted molar refractivity (Wildman–Crippen MR) is 177 cm³/mol. The maximum atomic E-state index is 12.8. The number of ether oxygens (including phenoxy) is 2. The zero-order chi connectivity index (χ0) is 30.7. The summed E-state index contributed by atoms with van der Waals surface area (Å²) in [4.78, 5) is 25.6. The Labute approximate surface area is 286 Å². The van der Waals surface area contributed by atoms with Crippen molar-refractivity contribution in [2.75, 3.05) is 0 Å². The molecule has 4 nitrogen and oxygen atoms in total. The summed E-state index contributed by atoms with van der Waals surface area (Å²) in [5.41, 5.74) is -0.982. The fraction of sp³-hybridized carbons (Fsp3) is 0.946. The second kappa shape index (κ2) is 29.6. The summed E-state index contributed by atoms with van der Waals surface area (Å²) in [6.07, 6.45) is 30.9. The third-order valence-corrected chi connectivity index (χ3v) is 8.69. The van der Waals surface area contributed by atoms with Gasteiger partial charge in [-0.15, -0.1) is 0 Å². The van der Waals surface area contributed by atoms with Crippen LogP contribution in [0.5, 0.6) is 0 Å². The monoisotopic (exact) mass is 605 g/mol. The summed E-state index contributed by atoms with van der Waals surface area (Å²) in [7, 11) is 0. The van der Waals surface area contributed by atoms with Crippen molar-refractivity contribution < 1.29 is 50.0 Å². The number of unbranched alkanes of at least 4 members (excludes halogenated alkanes) is 18. The minimum absolute atomic E-state index is 0. The van der Waals surface area contributed by atoms with Gasteiger partial charge in [0.05, 0.1) is 0 Å². The summed E-state index contributed by atoms with van der Waals surface area (Å²) in [5.74, 6) is -0.869. The van der Waals surface area contributed by atoms with E-state index in [0.717, 1.165) is 51.4 Å². The van der Waals surface area contributed by atoms with Gasteiger partial charge in [-0.05, 0) is 52.4 Å². The average molecular weight is 605 g/mol. The van der Waals surface area contributed by atoms with Crippen LogP contribution in [-0.4, -0.2) is 23.1 Å². The van der Waals surface area contributed by atoms with E-state index in [9.17, 15) is 9.59 Å². The Hall–Kier alpha value is -0.0600. The normalized spacial score (nSPS) is 14.0. The van der Waals surface area contributed by atoms with Crippen molar-refractivity contribution in [3.63, 3.8) is 0 Å². The molecule has 0 aliphatic carbocycles. The standard InChI is InChI=1S/C37H72O4.Na.H/c1-7-11-13-15-17-19-21-23-25-27-31-36(5,29-9-3)40-34(38)33-35(39)41-37(6,30-10-4)32-28-26-24-22-20-18-16-14-12-8-2;;/h7-33H2,1-6H3;;/q;+1;-1. The third kappa shape index (κ3) is 26.4. The van der Waals surface area contributed by atoms with Crippen molar-refractivity contribution in [1.82, 2.24) is 0 Å². The predicted octanol–water partition coefficient (Wildman–Crippen LogP) is 9.32. The van der Waals surface area contributed by atoms with E-state index in [0.29, 0.717) is 0 Å². The molecule has 0 fully saturated rings. The van der Waals surface area contributed by atoms with Crippen molar-refractivity contribution in [2.45, 2.75) is 226 Å². The molecule has 0 N–H and O–H groups in total. The fourth-order valence-corrected chi connectivity index (χ4v) is 6.22. The molecule has 0 amide bonds. The van der Waals surface area contributed by atoms with Crippen LogP contribution in [0.4, 0.5) is 0 Å². The molecule has 0 heterocycles. The molecule has 2 unspecified atom stereocenters. The first-order valence-electron chi connectivity index (χ1n) is 18.2. The Balaban J connectivity index is -0.00000800. The molecule has 0 aliphatic heterocycles. The Kier molecular flexibility index (Phi) is 31.1. The fourth-order valence-electron chi connectivity index (χ4n) is 6.22. The van der Waals surface area contributed by atoms with Gasteiger partial charge in [0, 0.05) is 0 Å². The van der Waals surface area contributed by atoms with Crippen LogP contribution < -0.4 is 29.6 Å². The van der Waals surface area contributed by atoms with Gasteiger partial charge in [-0.1, -0.05) is 156 Å². The van der Waals surface area contributed by atoms with Gasteiger partial charge in [0.2, 0.25) is 0 Å². The van der Waals surface area contributed by atoms with Crippen LogP contribution >= 0.6 is 0 Å². The second-order valence-corrected chi connectivity index (χ2v) is 13.4. The van der Waals surface area contributed by atoms with E-state index in [1.807, 2.05) is 13.8 Å². The van der Waals surface area contributed by atoms with Gasteiger partial charge in [0.15, 0.2) is 0 Å². The number of hydrogen-bond donors (Lipinski definition) is 0. The minimum atomic E-state index is -0.491. The Morgan fingerprint density at radius 1 is 0.429 bits per heavy atom. The van der Waals surface area contributed by atoms with Crippen molar-refractivity contribution in [2.24, 2.45) is 0 Å². The number of rotatable bonds is 30. The molecule has 2 atom stereocenters. The minimum Gasteiger partial charge on any atom is -1.00 e. The van der Waals surface area contributed by atoms with Gasteiger partial charge in [-0.25, -0.2) is 0 Å². The van der Waals surface area contributed by atoms with Crippen LogP contribution in [0.3, 0.4) is 0 Å². The quantitative estimate of drug-likeness (QED) is 0.0355. The first-order chi connectivity index (χ1) is 19.7. The molecule has 0 spiro atoms. The van der Waals surface area contributed by atoms with E-state index in [1.165, 1.54) is 116 Å². The Morgan fingerprint density at radius 2 is 0.690 bits per heavy atom. The number of carbonyl (C=O) groups is 2. The smallest absolute Gasteiger partial charge is 1.00 e. The van der Waals surface area contributed by atoms with Crippen LogP contribution in [0.2, 0.25) is 0 Å². The Bertz CT molecular complexity index is 580. The molecule has 0 bridgehead atoms. The topological polar surface area (TPSA) is 52.6 Å². The Morgan fingerprint density at radius 3 is 0.952 bits per heavy atom. The van der Waals surface area contributed by atoms with Crippen LogP contribution in [0, 0.1) is 0 Å². The molecule has 0 aromatic carbocycles. The van der Waals surface area contributed by atoms with Crippen LogP contribution in [0.15, 0.2) is 0 Å². The molecular formula is C37H73NaO4. The molecule has 0 aromatic rings. The number of hydrogen-bond acceptors (Lipinski definition) is 4. The second-order valence-electron chi connectivity index (χ2n) is 13.4. The largest absolute Gasteiger partial charge is 1.00 e. The number of carbonyl (C=O) groups excluding carboxylic acids is 2. The molecule has 0 aromatic heterocycles. The van der Waals surface area contributed by atoms with Crippen LogP contribution in [-0.2, 0) is 19.1 Å². The summed E-state index contributed by atoms with van der Waals surface area (Å²) in [6, 6.07) is 0. The van der Waals surface area contributed by atoms with E-state index in [-0.39, 0.29) is 37.4 Å². The van der Waals surface area contributed by atoms with Crippen molar-refractivity contribution >= 4 is 11.9 Å². The summed E-state index contributed by atoms with van der Waals surface area (Å²) >= 11 is 0. The molecule has 42 heavy (non-hydrogen) atoms. The molecule has 0 radical (unpaired) electrons. The van der Waals surface area contributed by atoms with E-state index in [1.54, 1.807) is 0 Å². The SMILES string of the molecule is CCCCCCCCCCCCC(C)(CCC)OC(=O)CC(=O)OC(C)(CCC)CCCCCCCCCCCC.[H-].[Na+]. The van der Waals surface area contributed by atoms with Gasteiger partial charge in [-0.2, -0.15) is 0 Å². The first-order valence-corrected chi connectivity index (χ1v) is 18.2. The first kappa shape index (κ1) is 44.1. The summed E-state index contributed by atoms with van der Waals surface area (Å²) < 4.78 is 11.9. The van der Waals surface area contributed by atoms with Crippen LogP contribution in [0.25, 0.3) is 0 Å². The molecule has 0 rings (SSSR count). The molecule has 5 heteroatoms. The summed E-state index contributed by atoms with van der Waals surface area (Å²) in [6.45, 7) is 12.9.